The Balaban J connectivity index is 1.79. The molecule has 1 atom stereocenters. The molecule has 0 spiro atoms. The highest BCUT2D eigenvalue weighted by Crippen LogP contribution is 2.32. The molecule has 0 aliphatic carbocycles. The second kappa shape index (κ2) is 8.24. The van der Waals surface area contributed by atoms with Crippen molar-refractivity contribution in [3.8, 4) is 5.75 Å². The maximum Gasteiger partial charge on any atom is 0.321 e. The fourth-order valence-electron chi connectivity index (χ4n) is 2.97. The predicted molar refractivity (Wildman–Crippen MR) is 109 cm³/mol. The lowest BCUT2D eigenvalue weighted by Crippen LogP contribution is -2.38. The number of para-hydroxylation sites is 1. The summed E-state index contributed by atoms with van der Waals surface area (Å²) in [5.74, 6) is -0.194. The zero-order chi connectivity index (χ0) is 18.7. The van der Waals surface area contributed by atoms with E-state index in [1.807, 2.05) is 42.6 Å². The molecular weight excluding hydrogens is 464 g/mol. The Morgan fingerprint density at radius 2 is 2.04 bits per heavy atom. The van der Waals surface area contributed by atoms with Crippen LogP contribution in [0.3, 0.4) is 0 Å². The lowest BCUT2D eigenvalue weighted by molar-refractivity contribution is -0.139. The Bertz CT molecular complexity index is 940. The molecule has 0 aliphatic rings. The Hall–Kier alpha value is -1.83. The predicted octanol–water partition coefficient (Wildman–Crippen LogP) is 4.49. The van der Waals surface area contributed by atoms with Crippen LogP contribution in [0.5, 0.6) is 5.75 Å². The molecular formula is C19H18Br2N2O3. The number of hydrogen-bond acceptors (Lipinski definition) is 3. The molecule has 2 aromatic carbocycles. The largest absolute Gasteiger partial charge is 0.495 e. The Kier molecular flexibility index (Phi) is 6.01. The van der Waals surface area contributed by atoms with Gasteiger partial charge in [0.05, 0.1) is 11.6 Å². The fourth-order valence-corrected chi connectivity index (χ4v) is 4.45. The van der Waals surface area contributed by atoms with E-state index in [1.165, 1.54) is 0 Å². The van der Waals surface area contributed by atoms with E-state index in [0.717, 1.165) is 31.0 Å². The lowest BCUT2D eigenvalue weighted by atomic mass is 10.0. The first-order valence-corrected chi connectivity index (χ1v) is 9.61. The van der Waals surface area contributed by atoms with Crippen LogP contribution in [0.4, 0.5) is 0 Å². The molecule has 0 saturated carbocycles. The van der Waals surface area contributed by atoms with Gasteiger partial charge in [-0.2, -0.15) is 0 Å². The van der Waals surface area contributed by atoms with Gasteiger partial charge in [-0.15, -0.1) is 0 Å². The third-order valence-electron chi connectivity index (χ3n) is 4.23. The third kappa shape index (κ3) is 4.11. The van der Waals surface area contributed by atoms with Crippen molar-refractivity contribution < 1.29 is 14.6 Å². The Morgan fingerprint density at radius 3 is 2.77 bits per heavy atom. The summed E-state index contributed by atoms with van der Waals surface area (Å²) >= 11 is 6.92. The summed E-state index contributed by atoms with van der Waals surface area (Å²) in [6, 6.07) is 11.0. The number of benzene rings is 2. The van der Waals surface area contributed by atoms with Gasteiger partial charge in [-0.1, -0.05) is 34.1 Å². The van der Waals surface area contributed by atoms with E-state index in [4.69, 9.17) is 4.74 Å². The number of H-pyrrole nitrogens is 1. The molecule has 0 aliphatic heterocycles. The molecule has 0 amide bonds. The molecule has 0 radical (unpaired) electrons. The number of aliphatic carboxylic acids is 1. The molecule has 1 heterocycles. The van der Waals surface area contributed by atoms with Crippen LogP contribution in [0.15, 0.2) is 51.5 Å². The minimum Gasteiger partial charge on any atom is -0.495 e. The minimum atomic E-state index is -0.886. The first kappa shape index (κ1) is 18.9. The number of methoxy groups -OCH3 is 1. The maximum absolute atomic E-state index is 11.7. The van der Waals surface area contributed by atoms with E-state index in [9.17, 15) is 9.90 Å². The Morgan fingerprint density at radius 1 is 1.27 bits per heavy atom. The van der Waals surface area contributed by atoms with Crippen LogP contribution < -0.4 is 10.1 Å². The normalized spacial score (nSPS) is 12.3. The van der Waals surface area contributed by atoms with Gasteiger partial charge in [0.25, 0.3) is 0 Å². The molecule has 0 fully saturated rings. The summed E-state index contributed by atoms with van der Waals surface area (Å²) in [4.78, 5) is 14.9. The molecule has 5 nitrogen and oxygen atoms in total. The molecule has 26 heavy (non-hydrogen) atoms. The zero-order valence-corrected chi connectivity index (χ0v) is 17.2. The highest BCUT2D eigenvalue weighted by molar-refractivity contribution is 9.11. The highest BCUT2D eigenvalue weighted by Gasteiger charge is 2.20. The van der Waals surface area contributed by atoms with Gasteiger partial charge in [-0.3, -0.25) is 10.1 Å². The number of carboxylic acids is 1. The van der Waals surface area contributed by atoms with Crippen molar-refractivity contribution in [2.45, 2.75) is 19.0 Å². The van der Waals surface area contributed by atoms with Gasteiger partial charge in [0.15, 0.2) is 0 Å². The van der Waals surface area contributed by atoms with Crippen molar-refractivity contribution in [2.75, 3.05) is 7.11 Å². The summed E-state index contributed by atoms with van der Waals surface area (Å²) in [7, 11) is 1.60. The van der Waals surface area contributed by atoms with Crippen LogP contribution in [-0.2, 0) is 17.8 Å². The van der Waals surface area contributed by atoms with Gasteiger partial charge in [0, 0.05) is 40.1 Å². The van der Waals surface area contributed by atoms with Gasteiger partial charge in [0.2, 0.25) is 0 Å². The molecule has 3 N–H and O–H groups in total. The van der Waals surface area contributed by atoms with E-state index in [0.29, 0.717) is 18.7 Å². The number of halogens is 2. The zero-order valence-electron chi connectivity index (χ0n) is 14.1. The molecule has 7 heteroatoms. The smallest absolute Gasteiger partial charge is 0.321 e. The topological polar surface area (TPSA) is 74.3 Å². The Labute approximate surface area is 168 Å². The number of rotatable bonds is 7. The number of hydrogen-bond donors (Lipinski definition) is 3. The first-order chi connectivity index (χ1) is 12.5. The number of ether oxygens (including phenoxy) is 1. The monoisotopic (exact) mass is 480 g/mol. The second-order valence-electron chi connectivity index (χ2n) is 5.92. The number of aromatic nitrogens is 1. The van der Waals surface area contributed by atoms with Crippen LogP contribution in [0.25, 0.3) is 10.9 Å². The standard InChI is InChI=1S/C19H18Br2N2O3/c1-26-18-12(6-13(20)8-15(18)21)10-23-17(19(24)25)7-11-9-22-16-5-3-2-4-14(11)16/h2-6,8-9,17,22-23H,7,10H2,1H3,(H,24,25). The van der Waals surface area contributed by atoms with Gasteiger partial charge in [-0.25, -0.2) is 0 Å². The summed E-state index contributed by atoms with van der Waals surface area (Å²) < 4.78 is 7.14. The van der Waals surface area contributed by atoms with Crippen LogP contribution in [-0.4, -0.2) is 29.2 Å². The number of carboxylic acid groups (broad SMARTS) is 1. The summed E-state index contributed by atoms with van der Waals surface area (Å²) in [5.41, 5.74) is 2.85. The van der Waals surface area contributed by atoms with E-state index in [-0.39, 0.29) is 0 Å². The quantitative estimate of drug-likeness (QED) is 0.465. The third-order valence-corrected chi connectivity index (χ3v) is 5.27. The molecule has 1 aromatic heterocycles. The van der Waals surface area contributed by atoms with Gasteiger partial charge in [0.1, 0.15) is 11.8 Å². The van der Waals surface area contributed by atoms with Crippen LogP contribution in [0.1, 0.15) is 11.1 Å². The number of nitrogens with one attached hydrogen (secondary N) is 2. The molecule has 1 unspecified atom stereocenters. The second-order valence-corrected chi connectivity index (χ2v) is 7.69. The minimum absolute atomic E-state index is 0.376. The molecule has 0 saturated heterocycles. The number of aromatic amines is 1. The van der Waals surface area contributed by atoms with Crippen molar-refractivity contribution in [3.63, 3.8) is 0 Å². The van der Waals surface area contributed by atoms with Crippen molar-refractivity contribution in [1.29, 1.82) is 0 Å². The lowest BCUT2D eigenvalue weighted by Gasteiger charge is -2.17. The number of carbonyl (C=O) groups is 1. The summed E-state index contributed by atoms with van der Waals surface area (Å²) in [6.07, 6.45) is 2.26. The summed E-state index contributed by atoms with van der Waals surface area (Å²) in [5, 5.41) is 13.8. The number of fused-ring (bicyclic) bond motifs is 1. The van der Waals surface area contributed by atoms with E-state index < -0.39 is 12.0 Å². The SMILES string of the molecule is COc1c(Br)cc(Br)cc1CNC(Cc1c[nH]c2ccccc12)C(=O)O. The molecule has 136 valence electrons. The van der Waals surface area contributed by atoms with Gasteiger partial charge >= 0.3 is 5.97 Å². The van der Waals surface area contributed by atoms with Crippen LogP contribution in [0.2, 0.25) is 0 Å². The first-order valence-electron chi connectivity index (χ1n) is 8.02. The van der Waals surface area contributed by atoms with Gasteiger partial charge in [-0.05, 0) is 39.7 Å². The molecule has 3 rings (SSSR count). The van der Waals surface area contributed by atoms with E-state index in [1.54, 1.807) is 7.11 Å². The van der Waals surface area contributed by atoms with Crippen molar-refractivity contribution >= 4 is 48.7 Å². The van der Waals surface area contributed by atoms with Crippen molar-refractivity contribution in [2.24, 2.45) is 0 Å². The molecule has 0 bridgehead atoms. The van der Waals surface area contributed by atoms with E-state index >= 15 is 0 Å². The summed E-state index contributed by atoms with van der Waals surface area (Å²) in [6.45, 7) is 0.376. The average Bonchev–Trinajstić information content (AvgIpc) is 3.01. The maximum atomic E-state index is 11.7. The highest BCUT2D eigenvalue weighted by atomic mass is 79.9. The van der Waals surface area contributed by atoms with Gasteiger partial charge < -0.3 is 14.8 Å². The van der Waals surface area contributed by atoms with Crippen molar-refractivity contribution in [3.05, 3.63) is 62.7 Å². The molecule has 3 aromatic rings. The average molecular weight is 482 g/mol. The fraction of sp³-hybridized carbons (Fsp3) is 0.211. The van der Waals surface area contributed by atoms with Crippen LogP contribution in [0, 0.1) is 0 Å². The van der Waals surface area contributed by atoms with Crippen LogP contribution >= 0.6 is 31.9 Å². The van der Waals surface area contributed by atoms with E-state index in [2.05, 4.69) is 42.2 Å². The van der Waals surface area contributed by atoms with Crippen molar-refractivity contribution in [1.82, 2.24) is 10.3 Å².